The fourth-order valence-electron chi connectivity index (χ4n) is 3.55. The molecular formula is C26H27BrIN3O4S. The molecule has 0 saturated heterocycles. The number of nitrogens with zero attached hydrogens (tertiary/aromatic N) is 2. The number of carbonyl (C=O) groups is 2. The second-order valence-electron chi connectivity index (χ2n) is 8.02. The second-order valence-corrected chi connectivity index (χ2v) is 12.0. The van der Waals surface area contributed by atoms with Crippen molar-refractivity contribution in [3.63, 3.8) is 0 Å². The van der Waals surface area contributed by atoms with Gasteiger partial charge in [0.1, 0.15) is 12.6 Å². The molecule has 0 saturated carbocycles. The van der Waals surface area contributed by atoms with Gasteiger partial charge in [0.25, 0.3) is 10.0 Å². The topological polar surface area (TPSA) is 86.8 Å². The van der Waals surface area contributed by atoms with Crippen LogP contribution in [0.15, 0.2) is 88.2 Å². The van der Waals surface area contributed by atoms with Gasteiger partial charge in [-0.15, -0.1) is 0 Å². The Bertz CT molecular complexity index is 1290. The van der Waals surface area contributed by atoms with Crippen LogP contribution in [0, 0.1) is 3.57 Å². The van der Waals surface area contributed by atoms with Crippen LogP contribution in [-0.2, 0) is 26.2 Å². The zero-order valence-electron chi connectivity index (χ0n) is 19.9. The van der Waals surface area contributed by atoms with Crippen molar-refractivity contribution in [2.24, 2.45) is 0 Å². The van der Waals surface area contributed by atoms with Crippen molar-refractivity contribution in [1.82, 2.24) is 10.2 Å². The van der Waals surface area contributed by atoms with E-state index < -0.39 is 28.5 Å². The van der Waals surface area contributed by atoms with Gasteiger partial charge < -0.3 is 10.2 Å². The van der Waals surface area contributed by atoms with Gasteiger partial charge in [0, 0.05) is 21.1 Å². The maximum Gasteiger partial charge on any atom is 0.264 e. The number of anilines is 1. The van der Waals surface area contributed by atoms with Crippen LogP contribution in [0.25, 0.3) is 0 Å². The van der Waals surface area contributed by atoms with Gasteiger partial charge in [0.05, 0.1) is 10.6 Å². The molecule has 10 heteroatoms. The molecule has 0 aliphatic rings. The molecule has 0 bridgehead atoms. The fourth-order valence-corrected chi connectivity index (χ4v) is 5.61. The summed E-state index contributed by atoms with van der Waals surface area (Å²) in [5.41, 5.74) is 1.18. The minimum Gasteiger partial charge on any atom is -0.355 e. The quantitative estimate of drug-likeness (QED) is 0.311. The standard InChI is InChI=1S/C26H27BrIN3O4S/c1-3-29-26(33)19(2)30(17-20-9-11-21(27)12-10-20)25(32)18-31(23-15-13-22(28)14-16-23)36(34,35)24-7-5-4-6-8-24/h4-16,19H,3,17-18H2,1-2H3,(H,29,33)/t19-/m0/s1. The largest absolute Gasteiger partial charge is 0.355 e. The van der Waals surface area contributed by atoms with Crippen LogP contribution < -0.4 is 9.62 Å². The molecule has 1 atom stereocenters. The molecule has 1 N–H and O–H groups in total. The molecule has 3 aromatic rings. The first kappa shape index (κ1) is 28.1. The summed E-state index contributed by atoms with van der Waals surface area (Å²) in [7, 11) is -4.05. The first-order valence-electron chi connectivity index (χ1n) is 11.3. The maximum absolute atomic E-state index is 13.7. The van der Waals surface area contributed by atoms with Gasteiger partial charge in [-0.05, 0) is 90.5 Å². The van der Waals surface area contributed by atoms with Crippen molar-refractivity contribution in [2.45, 2.75) is 31.3 Å². The number of sulfonamides is 1. The monoisotopic (exact) mass is 683 g/mol. The second kappa shape index (κ2) is 12.7. The van der Waals surface area contributed by atoms with Gasteiger partial charge in [0.15, 0.2) is 0 Å². The van der Waals surface area contributed by atoms with Gasteiger partial charge in [0.2, 0.25) is 11.8 Å². The summed E-state index contributed by atoms with van der Waals surface area (Å²) < 4.78 is 30.2. The third-order valence-corrected chi connectivity index (χ3v) is 8.55. The first-order chi connectivity index (χ1) is 17.1. The Morgan fingerprint density at radius 1 is 0.972 bits per heavy atom. The SMILES string of the molecule is CCNC(=O)[C@H](C)N(Cc1ccc(Br)cc1)C(=O)CN(c1ccc(I)cc1)S(=O)(=O)c1ccccc1. The average Bonchev–Trinajstić information content (AvgIpc) is 2.87. The Morgan fingerprint density at radius 2 is 1.58 bits per heavy atom. The predicted molar refractivity (Wildman–Crippen MR) is 153 cm³/mol. The van der Waals surface area contributed by atoms with Gasteiger partial charge in [-0.25, -0.2) is 8.42 Å². The Kier molecular flexibility index (Phi) is 9.92. The molecule has 0 heterocycles. The summed E-state index contributed by atoms with van der Waals surface area (Å²) in [4.78, 5) is 27.9. The number of hydrogen-bond acceptors (Lipinski definition) is 4. The Hall–Kier alpha value is -2.44. The zero-order valence-corrected chi connectivity index (χ0v) is 24.5. The summed E-state index contributed by atoms with van der Waals surface area (Å²) >= 11 is 5.54. The number of amides is 2. The minimum atomic E-state index is -4.05. The van der Waals surface area contributed by atoms with Crippen LogP contribution >= 0.6 is 38.5 Å². The lowest BCUT2D eigenvalue weighted by Crippen LogP contribution is -2.51. The molecule has 7 nitrogen and oxygen atoms in total. The average molecular weight is 684 g/mol. The molecule has 3 aromatic carbocycles. The third kappa shape index (κ3) is 7.07. The number of likely N-dealkylation sites (N-methyl/N-ethyl adjacent to an activating group) is 1. The lowest BCUT2D eigenvalue weighted by Gasteiger charge is -2.32. The first-order valence-corrected chi connectivity index (χ1v) is 14.6. The molecule has 0 spiro atoms. The molecule has 0 unspecified atom stereocenters. The van der Waals surface area contributed by atoms with E-state index in [4.69, 9.17) is 0 Å². The van der Waals surface area contributed by atoms with Crippen LogP contribution in [0.2, 0.25) is 0 Å². The summed E-state index contributed by atoms with van der Waals surface area (Å²) in [6, 6.07) is 21.5. The van der Waals surface area contributed by atoms with Crippen molar-refractivity contribution in [3.8, 4) is 0 Å². The molecule has 36 heavy (non-hydrogen) atoms. The fraction of sp³-hybridized carbons (Fsp3) is 0.231. The van der Waals surface area contributed by atoms with Gasteiger partial charge >= 0.3 is 0 Å². The number of halogens is 2. The van der Waals surface area contributed by atoms with Crippen molar-refractivity contribution in [1.29, 1.82) is 0 Å². The summed E-state index contributed by atoms with van der Waals surface area (Å²) in [5.74, 6) is -0.801. The molecule has 0 fully saturated rings. The van der Waals surface area contributed by atoms with E-state index in [-0.39, 0.29) is 17.3 Å². The molecule has 2 amide bonds. The van der Waals surface area contributed by atoms with E-state index in [1.807, 2.05) is 24.3 Å². The van der Waals surface area contributed by atoms with E-state index in [0.717, 1.165) is 17.9 Å². The molecular weight excluding hydrogens is 657 g/mol. The molecule has 3 rings (SSSR count). The zero-order chi connectivity index (χ0) is 26.3. The number of benzene rings is 3. The summed E-state index contributed by atoms with van der Waals surface area (Å²) in [6.07, 6.45) is 0. The van der Waals surface area contributed by atoms with Crippen LogP contribution in [-0.4, -0.2) is 44.3 Å². The van der Waals surface area contributed by atoms with Gasteiger partial charge in [-0.2, -0.15) is 0 Å². The Labute approximate surface area is 234 Å². The van der Waals surface area contributed by atoms with Crippen LogP contribution in [0.1, 0.15) is 19.4 Å². The van der Waals surface area contributed by atoms with Crippen molar-refractivity contribution >= 4 is 66.0 Å². The van der Waals surface area contributed by atoms with Crippen LogP contribution in [0.4, 0.5) is 5.69 Å². The van der Waals surface area contributed by atoms with E-state index in [0.29, 0.717) is 12.2 Å². The van der Waals surface area contributed by atoms with Gasteiger partial charge in [-0.3, -0.25) is 13.9 Å². The lowest BCUT2D eigenvalue weighted by atomic mass is 10.1. The molecule has 0 radical (unpaired) electrons. The van der Waals surface area contributed by atoms with Crippen LogP contribution in [0.3, 0.4) is 0 Å². The number of nitrogens with one attached hydrogen (secondary N) is 1. The number of carbonyl (C=O) groups excluding carboxylic acids is 2. The summed E-state index contributed by atoms with van der Waals surface area (Å²) in [6.45, 7) is 3.55. The third-order valence-electron chi connectivity index (χ3n) is 5.51. The highest BCUT2D eigenvalue weighted by Crippen LogP contribution is 2.25. The smallest absolute Gasteiger partial charge is 0.264 e. The summed E-state index contributed by atoms with van der Waals surface area (Å²) in [5, 5.41) is 2.75. The highest BCUT2D eigenvalue weighted by Gasteiger charge is 2.32. The highest BCUT2D eigenvalue weighted by atomic mass is 127. The van der Waals surface area contributed by atoms with Crippen LogP contribution in [0.5, 0.6) is 0 Å². The van der Waals surface area contributed by atoms with E-state index in [2.05, 4.69) is 43.8 Å². The normalized spacial score (nSPS) is 12.0. The van der Waals surface area contributed by atoms with E-state index in [1.165, 1.54) is 17.0 Å². The Morgan fingerprint density at radius 3 is 2.17 bits per heavy atom. The van der Waals surface area contributed by atoms with Crippen molar-refractivity contribution in [3.05, 3.63) is 92.5 Å². The van der Waals surface area contributed by atoms with Crippen molar-refractivity contribution < 1.29 is 18.0 Å². The van der Waals surface area contributed by atoms with Gasteiger partial charge in [-0.1, -0.05) is 46.3 Å². The molecule has 0 aromatic heterocycles. The number of hydrogen-bond donors (Lipinski definition) is 1. The van der Waals surface area contributed by atoms with Crippen molar-refractivity contribution in [2.75, 3.05) is 17.4 Å². The number of rotatable bonds is 10. The van der Waals surface area contributed by atoms with E-state index >= 15 is 0 Å². The highest BCUT2D eigenvalue weighted by molar-refractivity contribution is 14.1. The van der Waals surface area contributed by atoms with E-state index in [1.54, 1.807) is 56.3 Å². The van der Waals surface area contributed by atoms with E-state index in [9.17, 15) is 18.0 Å². The molecule has 190 valence electrons. The Balaban J connectivity index is 2.00. The maximum atomic E-state index is 13.7. The lowest BCUT2D eigenvalue weighted by molar-refractivity contribution is -0.139. The minimum absolute atomic E-state index is 0.0765. The molecule has 0 aliphatic heterocycles. The molecule has 0 aliphatic carbocycles. The predicted octanol–water partition coefficient (Wildman–Crippen LogP) is 4.80.